The lowest BCUT2D eigenvalue weighted by molar-refractivity contribution is 0.0137. The Balaban J connectivity index is 1.64. The Bertz CT molecular complexity index is 391. The van der Waals surface area contributed by atoms with E-state index in [1.54, 1.807) is 0 Å². The lowest BCUT2D eigenvalue weighted by Crippen LogP contribution is -2.51. The van der Waals surface area contributed by atoms with E-state index in [9.17, 15) is 0 Å². The van der Waals surface area contributed by atoms with Crippen LogP contribution in [0.1, 0.15) is 18.7 Å². The molecule has 0 saturated carbocycles. The lowest BCUT2D eigenvalue weighted by Gasteiger charge is -2.40. The first kappa shape index (κ1) is 12.3. The van der Waals surface area contributed by atoms with Gasteiger partial charge in [0.15, 0.2) is 0 Å². The zero-order chi connectivity index (χ0) is 12.4. The maximum absolute atomic E-state index is 5.43. The number of hydrogen-bond acceptors (Lipinski definition) is 6. The van der Waals surface area contributed by atoms with E-state index < -0.39 is 0 Å². The molecule has 1 unspecified atom stereocenters. The topological polar surface area (TPSA) is 41.5 Å². The molecule has 3 rings (SSSR count). The summed E-state index contributed by atoms with van der Waals surface area (Å²) >= 11 is 1.53. The van der Waals surface area contributed by atoms with Crippen LogP contribution in [0.5, 0.6) is 0 Å². The Kier molecular flexibility index (Phi) is 3.77. The number of nitrogens with zero attached hydrogens (tertiary/aromatic N) is 4. The molecule has 0 radical (unpaired) electrons. The van der Waals surface area contributed by atoms with Crippen molar-refractivity contribution in [3.63, 3.8) is 0 Å². The number of hydrogen-bond donors (Lipinski definition) is 0. The summed E-state index contributed by atoms with van der Waals surface area (Å²) in [5.74, 6) is 0.892. The molecule has 5 nitrogen and oxygen atoms in total. The average Bonchev–Trinajstić information content (AvgIpc) is 2.87. The smallest absolute Gasteiger partial charge is 0.205 e. The monoisotopic (exact) mass is 268 g/mol. The van der Waals surface area contributed by atoms with E-state index in [2.05, 4.69) is 19.2 Å². The summed E-state index contributed by atoms with van der Waals surface area (Å²) in [5, 5.41) is 1.09. The van der Waals surface area contributed by atoms with Gasteiger partial charge < -0.3 is 9.64 Å². The van der Waals surface area contributed by atoms with Gasteiger partial charge >= 0.3 is 0 Å². The van der Waals surface area contributed by atoms with Crippen molar-refractivity contribution >= 4 is 16.7 Å². The molecule has 0 aromatic carbocycles. The zero-order valence-corrected chi connectivity index (χ0v) is 11.7. The van der Waals surface area contributed by atoms with Gasteiger partial charge in [-0.25, -0.2) is 4.98 Å². The first-order valence-corrected chi connectivity index (χ1v) is 7.47. The number of rotatable bonds is 2. The van der Waals surface area contributed by atoms with E-state index in [1.807, 2.05) is 6.92 Å². The van der Waals surface area contributed by atoms with Crippen molar-refractivity contribution in [3.8, 4) is 0 Å². The fourth-order valence-electron chi connectivity index (χ4n) is 2.78. The molecule has 0 aliphatic carbocycles. The highest BCUT2D eigenvalue weighted by Crippen LogP contribution is 2.24. The van der Waals surface area contributed by atoms with Crippen LogP contribution in [0.2, 0.25) is 0 Å². The second kappa shape index (κ2) is 5.50. The van der Waals surface area contributed by atoms with Gasteiger partial charge in [0.05, 0.1) is 13.2 Å². The Morgan fingerprint density at radius 2 is 2.11 bits per heavy atom. The third-order valence-corrected chi connectivity index (χ3v) is 4.61. The highest BCUT2D eigenvalue weighted by atomic mass is 32.1. The molecule has 0 N–H and O–H groups in total. The summed E-state index contributed by atoms with van der Waals surface area (Å²) in [5.41, 5.74) is 0. The minimum atomic E-state index is 0.659. The number of aromatic nitrogens is 2. The van der Waals surface area contributed by atoms with Gasteiger partial charge in [0.2, 0.25) is 5.13 Å². The van der Waals surface area contributed by atoms with Crippen LogP contribution >= 0.6 is 11.5 Å². The van der Waals surface area contributed by atoms with E-state index in [0.717, 1.165) is 50.3 Å². The number of piperidine rings is 1. The first-order chi connectivity index (χ1) is 8.83. The molecular formula is C12H20N4OS. The lowest BCUT2D eigenvalue weighted by atomic mass is 10.0. The fraction of sp³-hybridized carbons (Fsp3) is 0.833. The van der Waals surface area contributed by atoms with Crippen LogP contribution in [0.4, 0.5) is 5.13 Å². The van der Waals surface area contributed by atoms with Gasteiger partial charge in [-0.3, -0.25) is 4.90 Å². The molecule has 0 spiro atoms. The summed E-state index contributed by atoms with van der Waals surface area (Å²) in [6.07, 6.45) is 2.55. The van der Waals surface area contributed by atoms with E-state index in [4.69, 9.17) is 4.74 Å². The number of aryl methyl sites for hydroxylation is 1. The van der Waals surface area contributed by atoms with Gasteiger partial charge in [0.1, 0.15) is 5.82 Å². The van der Waals surface area contributed by atoms with Gasteiger partial charge in [-0.1, -0.05) is 0 Å². The highest BCUT2D eigenvalue weighted by molar-refractivity contribution is 7.09. The molecular weight excluding hydrogens is 248 g/mol. The molecule has 100 valence electrons. The van der Waals surface area contributed by atoms with Crippen LogP contribution in [0.25, 0.3) is 0 Å². The van der Waals surface area contributed by atoms with Crippen molar-refractivity contribution in [3.05, 3.63) is 5.82 Å². The van der Waals surface area contributed by atoms with Crippen LogP contribution < -0.4 is 4.90 Å². The normalized spacial score (nSPS) is 26.5. The van der Waals surface area contributed by atoms with Gasteiger partial charge in [-0.2, -0.15) is 4.37 Å². The van der Waals surface area contributed by atoms with Crippen LogP contribution in [0.15, 0.2) is 0 Å². The predicted octanol–water partition coefficient (Wildman–Crippen LogP) is 1.15. The van der Waals surface area contributed by atoms with Crippen molar-refractivity contribution in [2.24, 2.45) is 0 Å². The van der Waals surface area contributed by atoms with Gasteiger partial charge in [0, 0.05) is 43.8 Å². The minimum absolute atomic E-state index is 0.659. The standard InChI is InChI=1S/C12H20N4OS/c1-10-13-12(18-14-10)16-4-2-3-11(9-16)15-5-7-17-8-6-15/h11H,2-9H2,1H3. The summed E-state index contributed by atoms with van der Waals surface area (Å²) < 4.78 is 9.71. The second-order valence-electron chi connectivity index (χ2n) is 5.01. The largest absolute Gasteiger partial charge is 0.379 e. The van der Waals surface area contributed by atoms with Crippen molar-refractivity contribution in [2.45, 2.75) is 25.8 Å². The number of anilines is 1. The quantitative estimate of drug-likeness (QED) is 0.805. The van der Waals surface area contributed by atoms with Gasteiger partial charge in [0.25, 0.3) is 0 Å². The van der Waals surface area contributed by atoms with E-state index in [-0.39, 0.29) is 0 Å². The molecule has 18 heavy (non-hydrogen) atoms. The molecule has 0 bridgehead atoms. The second-order valence-corrected chi connectivity index (χ2v) is 5.74. The molecule has 1 atom stereocenters. The molecule has 1 aromatic heterocycles. The maximum Gasteiger partial charge on any atom is 0.205 e. The summed E-state index contributed by atoms with van der Waals surface area (Å²) in [4.78, 5) is 9.47. The Morgan fingerprint density at radius 3 is 2.83 bits per heavy atom. The van der Waals surface area contributed by atoms with Crippen molar-refractivity contribution in [1.82, 2.24) is 14.3 Å². The Hall–Kier alpha value is -0.720. The molecule has 1 aromatic rings. The van der Waals surface area contributed by atoms with Crippen LogP contribution in [-0.2, 0) is 4.74 Å². The van der Waals surface area contributed by atoms with E-state index in [0.29, 0.717) is 6.04 Å². The zero-order valence-electron chi connectivity index (χ0n) is 10.8. The summed E-state index contributed by atoms with van der Waals surface area (Å²) in [6, 6.07) is 0.659. The number of morpholine rings is 1. The predicted molar refractivity (Wildman–Crippen MR) is 72.3 cm³/mol. The first-order valence-electron chi connectivity index (χ1n) is 6.70. The highest BCUT2D eigenvalue weighted by Gasteiger charge is 2.27. The van der Waals surface area contributed by atoms with E-state index >= 15 is 0 Å². The van der Waals surface area contributed by atoms with Gasteiger partial charge in [-0.15, -0.1) is 0 Å². The average molecular weight is 268 g/mol. The van der Waals surface area contributed by atoms with Crippen LogP contribution in [-0.4, -0.2) is 59.7 Å². The molecule has 3 heterocycles. The van der Waals surface area contributed by atoms with Crippen molar-refractivity contribution < 1.29 is 4.74 Å². The van der Waals surface area contributed by atoms with Crippen molar-refractivity contribution in [1.29, 1.82) is 0 Å². The molecule has 6 heteroatoms. The summed E-state index contributed by atoms with van der Waals surface area (Å²) in [6.45, 7) is 8.09. The van der Waals surface area contributed by atoms with Gasteiger partial charge in [-0.05, 0) is 19.8 Å². The molecule has 0 amide bonds. The summed E-state index contributed by atoms with van der Waals surface area (Å²) in [7, 11) is 0. The molecule has 2 aliphatic heterocycles. The SMILES string of the molecule is Cc1nsc(N2CCCC(N3CCOCC3)C2)n1. The molecule has 2 saturated heterocycles. The fourth-order valence-corrected chi connectivity index (χ4v) is 3.49. The molecule has 2 fully saturated rings. The third kappa shape index (κ3) is 2.65. The molecule has 2 aliphatic rings. The maximum atomic E-state index is 5.43. The van der Waals surface area contributed by atoms with E-state index in [1.165, 1.54) is 24.4 Å². The van der Waals surface area contributed by atoms with Crippen molar-refractivity contribution in [2.75, 3.05) is 44.3 Å². The number of ether oxygens (including phenoxy) is 1. The minimum Gasteiger partial charge on any atom is -0.379 e. The van der Waals surface area contributed by atoms with Crippen LogP contribution in [0, 0.1) is 6.92 Å². The third-order valence-electron chi connectivity index (χ3n) is 3.75. The Morgan fingerprint density at radius 1 is 1.28 bits per heavy atom. The Labute approximate surface area is 112 Å². The van der Waals surface area contributed by atoms with Crippen LogP contribution in [0.3, 0.4) is 0 Å².